The van der Waals surface area contributed by atoms with Gasteiger partial charge in [0.15, 0.2) is 0 Å². The maximum atomic E-state index is 5.68. The van der Waals surface area contributed by atoms with Crippen molar-refractivity contribution < 1.29 is 0 Å². The molecule has 0 aliphatic carbocycles. The summed E-state index contributed by atoms with van der Waals surface area (Å²) in [5, 5.41) is 0. The van der Waals surface area contributed by atoms with E-state index in [4.69, 9.17) is 5.73 Å². The van der Waals surface area contributed by atoms with Crippen molar-refractivity contribution in [2.24, 2.45) is 5.73 Å². The highest BCUT2D eigenvalue weighted by Crippen LogP contribution is 2.28. The molecule has 12 heavy (non-hydrogen) atoms. The second kappa shape index (κ2) is 4.80. The molecule has 0 unspecified atom stereocenters. The summed E-state index contributed by atoms with van der Waals surface area (Å²) in [5.74, 6) is 0. The summed E-state index contributed by atoms with van der Waals surface area (Å²) in [5.41, 5.74) is 6.95. The van der Waals surface area contributed by atoms with Gasteiger partial charge in [-0.25, -0.2) is 0 Å². The lowest BCUT2D eigenvalue weighted by Gasteiger charge is -2.08. The molecule has 0 saturated carbocycles. The number of benzene rings is 1. The first-order valence-corrected chi connectivity index (χ1v) is 6.18. The minimum Gasteiger partial charge on any atom is -0.326 e. The summed E-state index contributed by atoms with van der Waals surface area (Å²) in [6.07, 6.45) is 4.16. The highest BCUT2D eigenvalue weighted by atomic mass is 32.2. The van der Waals surface area contributed by atoms with Gasteiger partial charge in [-0.1, -0.05) is 6.07 Å². The Balaban J connectivity index is 3.13. The minimum atomic E-state index is 0.632. The van der Waals surface area contributed by atoms with Crippen molar-refractivity contribution in [2.75, 3.05) is 12.5 Å². The molecule has 0 spiro atoms. The number of nitrogens with two attached hydrogens (primary N) is 1. The maximum absolute atomic E-state index is 5.68. The normalized spacial score (nSPS) is 10.2. The van der Waals surface area contributed by atoms with E-state index < -0.39 is 0 Å². The standard InChI is InChI=1S/C9H13NS2/c1-11-8-4-3-5-9(12-2)7(8)6-10/h3-5H,6,10H2,1-2H3. The second-order valence-corrected chi connectivity index (χ2v) is 4.04. The molecular formula is C9H13NS2. The molecule has 1 rings (SSSR count). The van der Waals surface area contributed by atoms with Gasteiger partial charge in [-0.05, 0) is 30.2 Å². The van der Waals surface area contributed by atoms with Gasteiger partial charge >= 0.3 is 0 Å². The van der Waals surface area contributed by atoms with Crippen LogP contribution in [0.4, 0.5) is 0 Å². The Labute approximate surface area is 82.1 Å². The Hall–Kier alpha value is -0.120. The Morgan fingerprint density at radius 1 is 1.17 bits per heavy atom. The Bertz CT molecular complexity index is 238. The van der Waals surface area contributed by atoms with Gasteiger partial charge in [-0.15, -0.1) is 23.5 Å². The van der Waals surface area contributed by atoms with Crippen LogP contribution in [0.25, 0.3) is 0 Å². The molecule has 66 valence electrons. The molecule has 0 heterocycles. The Morgan fingerprint density at radius 3 is 2.00 bits per heavy atom. The van der Waals surface area contributed by atoms with Crippen LogP contribution in [0.15, 0.2) is 28.0 Å². The number of hydrogen-bond donors (Lipinski definition) is 1. The van der Waals surface area contributed by atoms with Crippen molar-refractivity contribution in [3.05, 3.63) is 23.8 Å². The van der Waals surface area contributed by atoms with E-state index in [0.717, 1.165) is 0 Å². The van der Waals surface area contributed by atoms with Gasteiger partial charge in [-0.3, -0.25) is 0 Å². The second-order valence-electron chi connectivity index (χ2n) is 2.35. The zero-order chi connectivity index (χ0) is 8.97. The van der Waals surface area contributed by atoms with Crippen LogP contribution >= 0.6 is 23.5 Å². The molecule has 0 radical (unpaired) electrons. The van der Waals surface area contributed by atoms with Crippen LogP contribution in [0.3, 0.4) is 0 Å². The molecule has 1 nitrogen and oxygen atoms in total. The van der Waals surface area contributed by atoms with Crippen LogP contribution in [0.1, 0.15) is 5.56 Å². The van der Waals surface area contributed by atoms with E-state index >= 15 is 0 Å². The minimum absolute atomic E-state index is 0.632. The van der Waals surface area contributed by atoms with Crippen molar-refractivity contribution in [2.45, 2.75) is 16.3 Å². The average molecular weight is 199 g/mol. The molecule has 0 amide bonds. The first-order chi connectivity index (χ1) is 5.83. The van der Waals surface area contributed by atoms with Crippen molar-refractivity contribution in [1.29, 1.82) is 0 Å². The summed E-state index contributed by atoms with van der Waals surface area (Å²) in [7, 11) is 0. The summed E-state index contributed by atoms with van der Waals surface area (Å²) in [4.78, 5) is 2.59. The van der Waals surface area contributed by atoms with Gasteiger partial charge in [0.2, 0.25) is 0 Å². The van der Waals surface area contributed by atoms with Crippen molar-refractivity contribution in [1.82, 2.24) is 0 Å². The van der Waals surface area contributed by atoms with Gasteiger partial charge in [-0.2, -0.15) is 0 Å². The number of thioether (sulfide) groups is 2. The SMILES string of the molecule is CSc1cccc(SC)c1CN. The predicted octanol–water partition coefficient (Wildman–Crippen LogP) is 2.59. The molecule has 0 atom stereocenters. The molecule has 0 fully saturated rings. The van der Waals surface area contributed by atoms with E-state index in [2.05, 4.69) is 30.7 Å². The molecule has 0 saturated heterocycles. The van der Waals surface area contributed by atoms with E-state index in [0.29, 0.717) is 6.54 Å². The molecule has 0 aliphatic rings. The summed E-state index contributed by atoms with van der Waals surface area (Å²) < 4.78 is 0. The molecule has 0 aromatic heterocycles. The van der Waals surface area contributed by atoms with Crippen LogP contribution in [-0.4, -0.2) is 12.5 Å². The Morgan fingerprint density at radius 2 is 1.67 bits per heavy atom. The highest BCUT2D eigenvalue weighted by Gasteiger charge is 2.03. The van der Waals surface area contributed by atoms with Gasteiger partial charge in [0.25, 0.3) is 0 Å². The summed E-state index contributed by atoms with van der Waals surface area (Å²) >= 11 is 3.51. The smallest absolute Gasteiger partial charge is 0.0200 e. The molecular weight excluding hydrogens is 186 g/mol. The lowest BCUT2D eigenvalue weighted by molar-refractivity contribution is 0.982. The number of hydrogen-bond acceptors (Lipinski definition) is 3. The van der Waals surface area contributed by atoms with E-state index in [1.165, 1.54) is 15.4 Å². The van der Waals surface area contributed by atoms with Crippen molar-refractivity contribution in [3.8, 4) is 0 Å². The highest BCUT2D eigenvalue weighted by molar-refractivity contribution is 7.99. The van der Waals surface area contributed by atoms with Gasteiger partial charge in [0.1, 0.15) is 0 Å². The summed E-state index contributed by atoms with van der Waals surface area (Å²) in [6, 6.07) is 6.32. The molecule has 2 N–H and O–H groups in total. The van der Waals surface area contributed by atoms with Crippen LogP contribution in [0.5, 0.6) is 0 Å². The first-order valence-electron chi connectivity index (χ1n) is 3.73. The average Bonchev–Trinajstić information content (AvgIpc) is 2.16. The molecule has 1 aromatic rings. The molecule has 0 aliphatic heterocycles. The zero-order valence-electron chi connectivity index (χ0n) is 7.33. The fourth-order valence-corrected chi connectivity index (χ4v) is 2.50. The fourth-order valence-electron chi connectivity index (χ4n) is 1.13. The van der Waals surface area contributed by atoms with Gasteiger partial charge < -0.3 is 5.73 Å². The van der Waals surface area contributed by atoms with Crippen LogP contribution in [0, 0.1) is 0 Å². The molecule has 3 heteroatoms. The monoisotopic (exact) mass is 199 g/mol. The molecule has 0 bridgehead atoms. The third-order valence-electron chi connectivity index (χ3n) is 1.73. The predicted molar refractivity (Wildman–Crippen MR) is 57.9 cm³/mol. The van der Waals surface area contributed by atoms with Crippen molar-refractivity contribution in [3.63, 3.8) is 0 Å². The van der Waals surface area contributed by atoms with E-state index in [1.54, 1.807) is 23.5 Å². The summed E-state index contributed by atoms with van der Waals surface area (Å²) in [6.45, 7) is 0.632. The molecule has 1 aromatic carbocycles. The van der Waals surface area contributed by atoms with E-state index in [1.807, 2.05) is 0 Å². The van der Waals surface area contributed by atoms with Crippen LogP contribution in [-0.2, 0) is 6.54 Å². The maximum Gasteiger partial charge on any atom is 0.0200 e. The lowest BCUT2D eigenvalue weighted by Crippen LogP contribution is -2.00. The van der Waals surface area contributed by atoms with Crippen LogP contribution < -0.4 is 5.73 Å². The third kappa shape index (κ3) is 1.97. The van der Waals surface area contributed by atoms with Crippen LogP contribution in [0.2, 0.25) is 0 Å². The first kappa shape index (κ1) is 9.96. The zero-order valence-corrected chi connectivity index (χ0v) is 8.97. The lowest BCUT2D eigenvalue weighted by atomic mass is 10.2. The quantitative estimate of drug-likeness (QED) is 0.758. The van der Waals surface area contributed by atoms with E-state index in [-0.39, 0.29) is 0 Å². The topological polar surface area (TPSA) is 26.0 Å². The van der Waals surface area contributed by atoms with Gasteiger partial charge in [0, 0.05) is 16.3 Å². The fraction of sp³-hybridized carbons (Fsp3) is 0.333. The Kier molecular flexibility index (Phi) is 3.98. The van der Waals surface area contributed by atoms with E-state index in [9.17, 15) is 0 Å². The van der Waals surface area contributed by atoms with Gasteiger partial charge in [0.05, 0.1) is 0 Å². The third-order valence-corrected chi connectivity index (χ3v) is 3.38. The van der Waals surface area contributed by atoms with Crippen molar-refractivity contribution >= 4 is 23.5 Å². The number of rotatable bonds is 3. The largest absolute Gasteiger partial charge is 0.326 e.